The SMILES string of the molecule is CC1=NN(S(=O)(=O)c2ccccc2)C(=O)C1=Cc1ccc(-c2ccc(Cl)cc2)o1. The number of hydrazone groups is 1. The molecule has 1 aliphatic rings. The summed E-state index contributed by atoms with van der Waals surface area (Å²) < 4.78 is 31.8. The fourth-order valence-electron chi connectivity index (χ4n) is 2.86. The van der Waals surface area contributed by atoms with Gasteiger partial charge in [0, 0.05) is 10.6 Å². The van der Waals surface area contributed by atoms with Crippen LogP contribution in [0.5, 0.6) is 0 Å². The van der Waals surface area contributed by atoms with E-state index in [0.717, 1.165) is 5.56 Å². The van der Waals surface area contributed by atoms with Gasteiger partial charge in [-0.1, -0.05) is 29.8 Å². The maximum absolute atomic E-state index is 12.8. The van der Waals surface area contributed by atoms with Crippen molar-refractivity contribution in [1.82, 2.24) is 4.41 Å². The van der Waals surface area contributed by atoms with Gasteiger partial charge in [-0.15, -0.1) is 4.41 Å². The number of nitrogens with zero attached hydrogens (tertiary/aromatic N) is 2. The van der Waals surface area contributed by atoms with Gasteiger partial charge >= 0.3 is 0 Å². The first kappa shape index (κ1) is 19.2. The van der Waals surface area contributed by atoms with Crippen LogP contribution in [0.25, 0.3) is 17.4 Å². The molecule has 29 heavy (non-hydrogen) atoms. The zero-order valence-electron chi connectivity index (χ0n) is 15.2. The highest BCUT2D eigenvalue weighted by Crippen LogP contribution is 2.28. The zero-order chi connectivity index (χ0) is 20.6. The summed E-state index contributed by atoms with van der Waals surface area (Å²) in [6, 6.07) is 18.3. The molecule has 1 aromatic heterocycles. The normalized spacial score (nSPS) is 15.8. The van der Waals surface area contributed by atoms with Crippen molar-refractivity contribution in [1.29, 1.82) is 0 Å². The van der Waals surface area contributed by atoms with Crippen molar-refractivity contribution >= 4 is 39.3 Å². The number of halogens is 1. The molecule has 1 aliphatic heterocycles. The standard InChI is InChI=1S/C21H15ClN2O4S/c1-14-19(13-17-11-12-20(28-17)15-7-9-16(22)10-8-15)21(25)24(23-14)29(26,27)18-5-3-2-4-6-18/h2-13H,1H3. The molecule has 1 amide bonds. The van der Waals surface area contributed by atoms with Crippen LogP contribution in [-0.4, -0.2) is 24.5 Å². The van der Waals surface area contributed by atoms with Crippen LogP contribution in [-0.2, 0) is 14.8 Å². The molecule has 2 heterocycles. The molecule has 2 aromatic carbocycles. The molecule has 4 rings (SSSR count). The van der Waals surface area contributed by atoms with Gasteiger partial charge in [0.1, 0.15) is 11.5 Å². The van der Waals surface area contributed by atoms with Crippen LogP contribution in [0.15, 0.2) is 86.7 Å². The summed E-state index contributed by atoms with van der Waals surface area (Å²) >= 11 is 5.90. The summed E-state index contributed by atoms with van der Waals surface area (Å²) in [5.74, 6) is 0.282. The molecular formula is C21H15ClN2O4S. The van der Waals surface area contributed by atoms with Crippen molar-refractivity contribution in [2.24, 2.45) is 5.10 Å². The van der Waals surface area contributed by atoms with Gasteiger partial charge in [-0.05, 0) is 61.5 Å². The molecule has 8 heteroatoms. The number of rotatable bonds is 4. The summed E-state index contributed by atoms with van der Waals surface area (Å²) in [5, 5.41) is 4.57. The Hall–Kier alpha value is -3.16. The minimum Gasteiger partial charge on any atom is -0.457 e. The number of furan rings is 1. The lowest BCUT2D eigenvalue weighted by Gasteiger charge is -2.12. The molecule has 0 saturated heterocycles. The maximum Gasteiger partial charge on any atom is 0.290 e. The van der Waals surface area contributed by atoms with E-state index in [0.29, 0.717) is 26.7 Å². The van der Waals surface area contributed by atoms with E-state index >= 15 is 0 Å². The highest BCUT2D eigenvalue weighted by molar-refractivity contribution is 7.89. The Morgan fingerprint density at radius 1 is 1.00 bits per heavy atom. The number of hydrogen-bond donors (Lipinski definition) is 0. The van der Waals surface area contributed by atoms with Crippen molar-refractivity contribution < 1.29 is 17.6 Å². The molecule has 3 aromatic rings. The fourth-order valence-corrected chi connectivity index (χ4v) is 4.23. The van der Waals surface area contributed by atoms with Crippen molar-refractivity contribution in [2.45, 2.75) is 11.8 Å². The van der Waals surface area contributed by atoms with Crippen LogP contribution in [0.2, 0.25) is 5.02 Å². The molecule has 146 valence electrons. The van der Waals surface area contributed by atoms with Gasteiger partial charge in [-0.25, -0.2) is 0 Å². The summed E-state index contributed by atoms with van der Waals surface area (Å²) in [4.78, 5) is 12.8. The van der Waals surface area contributed by atoms with E-state index in [-0.39, 0.29) is 10.5 Å². The number of sulfonamides is 1. The Morgan fingerprint density at radius 2 is 1.69 bits per heavy atom. The Balaban J connectivity index is 1.64. The Labute approximate surface area is 172 Å². The van der Waals surface area contributed by atoms with E-state index in [1.54, 1.807) is 49.4 Å². The highest BCUT2D eigenvalue weighted by Gasteiger charge is 2.37. The van der Waals surface area contributed by atoms with Gasteiger partial charge in [0.15, 0.2) is 0 Å². The molecule has 0 bridgehead atoms. The van der Waals surface area contributed by atoms with Crippen LogP contribution >= 0.6 is 11.6 Å². The van der Waals surface area contributed by atoms with E-state index < -0.39 is 15.9 Å². The fraction of sp³-hybridized carbons (Fsp3) is 0.0476. The van der Waals surface area contributed by atoms with E-state index in [1.165, 1.54) is 18.2 Å². The minimum absolute atomic E-state index is 0.00540. The third kappa shape index (κ3) is 3.62. The summed E-state index contributed by atoms with van der Waals surface area (Å²) in [5.41, 5.74) is 1.27. The minimum atomic E-state index is -4.08. The quantitative estimate of drug-likeness (QED) is 0.571. The number of amides is 1. The summed E-state index contributed by atoms with van der Waals surface area (Å²) in [7, 11) is -4.08. The van der Waals surface area contributed by atoms with Crippen LogP contribution in [0.3, 0.4) is 0 Å². The van der Waals surface area contributed by atoms with Crippen molar-refractivity contribution in [3.05, 3.63) is 83.1 Å². The molecule has 0 aliphatic carbocycles. The average Bonchev–Trinajstić information content (AvgIpc) is 3.30. The van der Waals surface area contributed by atoms with Gasteiger partial charge in [-0.2, -0.15) is 13.5 Å². The van der Waals surface area contributed by atoms with Crippen LogP contribution in [0, 0.1) is 0 Å². The van der Waals surface area contributed by atoms with Gasteiger partial charge in [0.05, 0.1) is 16.2 Å². The van der Waals surface area contributed by atoms with E-state index in [4.69, 9.17) is 16.0 Å². The smallest absolute Gasteiger partial charge is 0.290 e. The molecule has 6 nitrogen and oxygen atoms in total. The molecule has 0 spiro atoms. The molecule has 0 saturated carbocycles. The van der Waals surface area contributed by atoms with Crippen LogP contribution in [0.1, 0.15) is 12.7 Å². The van der Waals surface area contributed by atoms with E-state index in [9.17, 15) is 13.2 Å². The lowest BCUT2D eigenvalue weighted by Crippen LogP contribution is -2.29. The van der Waals surface area contributed by atoms with Gasteiger partial charge in [0.25, 0.3) is 15.9 Å². The first-order chi connectivity index (χ1) is 13.9. The molecule has 0 fully saturated rings. The first-order valence-electron chi connectivity index (χ1n) is 8.64. The van der Waals surface area contributed by atoms with Crippen LogP contribution < -0.4 is 0 Å². The number of carbonyl (C=O) groups is 1. The molecule has 0 unspecified atom stereocenters. The molecular weight excluding hydrogens is 412 g/mol. The van der Waals surface area contributed by atoms with Crippen molar-refractivity contribution in [2.75, 3.05) is 0 Å². The van der Waals surface area contributed by atoms with E-state index in [2.05, 4.69) is 5.10 Å². The summed E-state index contributed by atoms with van der Waals surface area (Å²) in [6.45, 7) is 1.58. The highest BCUT2D eigenvalue weighted by atomic mass is 35.5. The first-order valence-corrected chi connectivity index (χ1v) is 10.5. The lowest BCUT2D eigenvalue weighted by atomic mass is 10.1. The third-order valence-electron chi connectivity index (χ3n) is 4.35. The number of benzene rings is 2. The molecule has 0 atom stereocenters. The molecule has 0 N–H and O–H groups in total. The number of hydrogen-bond acceptors (Lipinski definition) is 5. The summed E-state index contributed by atoms with van der Waals surface area (Å²) in [6.07, 6.45) is 1.49. The van der Waals surface area contributed by atoms with Gasteiger partial charge < -0.3 is 4.42 Å². The third-order valence-corrected chi connectivity index (χ3v) is 6.17. The second kappa shape index (κ2) is 7.35. The average molecular weight is 427 g/mol. The monoisotopic (exact) mass is 426 g/mol. The van der Waals surface area contributed by atoms with Gasteiger partial charge in [0.2, 0.25) is 0 Å². The Bertz CT molecular complexity index is 1240. The van der Waals surface area contributed by atoms with Crippen molar-refractivity contribution in [3.63, 3.8) is 0 Å². The Kier molecular flexibility index (Phi) is 4.86. The maximum atomic E-state index is 12.8. The number of carbonyl (C=O) groups excluding carboxylic acids is 1. The topological polar surface area (TPSA) is 80.0 Å². The largest absolute Gasteiger partial charge is 0.457 e. The predicted molar refractivity (Wildman–Crippen MR) is 111 cm³/mol. The second-order valence-electron chi connectivity index (χ2n) is 6.32. The van der Waals surface area contributed by atoms with E-state index in [1.807, 2.05) is 12.1 Å². The van der Waals surface area contributed by atoms with Crippen molar-refractivity contribution in [3.8, 4) is 11.3 Å². The zero-order valence-corrected chi connectivity index (χ0v) is 16.8. The van der Waals surface area contributed by atoms with Gasteiger partial charge in [-0.3, -0.25) is 4.79 Å². The second-order valence-corrected chi connectivity index (χ2v) is 8.52. The van der Waals surface area contributed by atoms with Crippen LogP contribution in [0.4, 0.5) is 0 Å². The molecule has 0 radical (unpaired) electrons. The Morgan fingerprint density at radius 3 is 2.38 bits per heavy atom. The predicted octanol–water partition coefficient (Wildman–Crippen LogP) is 4.59. The lowest BCUT2D eigenvalue weighted by molar-refractivity contribution is -0.121.